The van der Waals surface area contributed by atoms with Crippen LogP contribution in [0.5, 0.6) is 0 Å². The number of halogens is 1. The van der Waals surface area contributed by atoms with Gasteiger partial charge < -0.3 is 4.55 Å². The van der Waals surface area contributed by atoms with Gasteiger partial charge in [0.15, 0.2) is 0 Å². The predicted octanol–water partition coefficient (Wildman–Crippen LogP) is 1.68. The lowest BCUT2D eigenvalue weighted by molar-refractivity contribution is 0.0944. The summed E-state index contributed by atoms with van der Waals surface area (Å²) in [6.07, 6.45) is 0. The van der Waals surface area contributed by atoms with E-state index in [1.807, 2.05) is 0 Å². The van der Waals surface area contributed by atoms with Crippen LogP contribution in [0, 0.1) is 0 Å². The fourth-order valence-corrected chi connectivity index (χ4v) is 2.86. The quantitative estimate of drug-likeness (QED) is 0.659. The van der Waals surface area contributed by atoms with Crippen LogP contribution in [0.15, 0.2) is 47.4 Å². The Morgan fingerprint density at radius 3 is 2.64 bits per heavy atom. The highest BCUT2D eigenvalue weighted by molar-refractivity contribution is 7.85. The summed E-state index contributed by atoms with van der Waals surface area (Å²) in [5.74, 6) is -0.764. The largest absolute Gasteiger partial charge is 0.744 e. The predicted molar refractivity (Wildman–Crippen MR) is 76.7 cm³/mol. The van der Waals surface area contributed by atoms with Gasteiger partial charge in [-0.2, -0.15) is 4.68 Å². The zero-order valence-corrected chi connectivity index (χ0v) is 12.4. The molecule has 0 unspecified atom stereocenters. The zero-order valence-electron chi connectivity index (χ0n) is 10.8. The van der Waals surface area contributed by atoms with E-state index in [2.05, 4.69) is 10.3 Å². The second kappa shape index (κ2) is 5.16. The van der Waals surface area contributed by atoms with E-state index in [4.69, 9.17) is 11.6 Å². The van der Waals surface area contributed by atoms with Crippen molar-refractivity contribution in [2.75, 3.05) is 0 Å². The maximum atomic E-state index is 12.5. The Morgan fingerprint density at radius 1 is 1.18 bits per heavy atom. The van der Waals surface area contributed by atoms with Crippen LogP contribution in [-0.4, -0.2) is 33.9 Å². The summed E-state index contributed by atoms with van der Waals surface area (Å²) in [4.78, 5) is 11.9. The van der Waals surface area contributed by atoms with Gasteiger partial charge in [-0.25, -0.2) is 8.42 Å². The lowest BCUT2D eigenvalue weighted by Gasteiger charge is -2.11. The third-order valence-corrected chi connectivity index (χ3v) is 4.12. The Bertz CT molecular complexity index is 997. The average Bonchev–Trinajstić information content (AvgIpc) is 2.88. The first-order valence-corrected chi connectivity index (χ1v) is 7.77. The maximum absolute atomic E-state index is 12.5. The number of nitrogens with zero attached hydrogens (tertiary/aromatic N) is 3. The second-order valence-corrected chi connectivity index (χ2v) is 6.17. The lowest BCUT2D eigenvalue weighted by atomic mass is 10.2. The minimum atomic E-state index is -4.78. The molecular weight excluding hydrogens is 330 g/mol. The van der Waals surface area contributed by atoms with Gasteiger partial charge >= 0.3 is 0 Å². The highest BCUT2D eigenvalue weighted by Crippen LogP contribution is 2.20. The van der Waals surface area contributed by atoms with E-state index in [0.29, 0.717) is 16.1 Å². The molecule has 22 heavy (non-hydrogen) atoms. The molecule has 0 aliphatic carbocycles. The van der Waals surface area contributed by atoms with E-state index in [9.17, 15) is 17.8 Å². The Hall–Kier alpha value is -2.29. The standard InChI is InChI=1S/C13H8ClN3O4S/c14-8-5-6-11-10(7-8)15-16-17(11)13(18)9-3-1-2-4-12(9)22(19,20)21/h1-7H,(H,19,20,21)/p-1. The van der Waals surface area contributed by atoms with Crippen LogP contribution in [0.4, 0.5) is 0 Å². The highest BCUT2D eigenvalue weighted by Gasteiger charge is 2.19. The van der Waals surface area contributed by atoms with Crippen LogP contribution in [-0.2, 0) is 10.1 Å². The van der Waals surface area contributed by atoms with Gasteiger partial charge in [0.1, 0.15) is 15.6 Å². The van der Waals surface area contributed by atoms with Gasteiger partial charge in [0.05, 0.1) is 16.0 Å². The number of hydrogen-bond acceptors (Lipinski definition) is 6. The summed E-state index contributed by atoms with van der Waals surface area (Å²) in [6, 6.07) is 9.74. The molecule has 1 heterocycles. The van der Waals surface area contributed by atoms with Gasteiger partial charge in [-0.3, -0.25) is 4.79 Å². The molecule has 3 rings (SSSR count). The molecule has 0 aliphatic heterocycles. The second-order valence-electron chi connectivity index (χ2n) is 4.39. The van der Waals surface area contributed by atoms with Gasteiger partial charge in [0, 0.05) is 5.02 Å². The van der Waals surface area contributed by atoms with Crippen molar-refractivity contribution in [2.24, 2.45) is 0 Å². The van der Waals surface area contributed by atoms with Crippen molar-refractivity contribution in [2.45, 2.75) is 4.90 Å². The summed E-state index contributed by atoms with van der Waals surface area (Å²) in [5, 5.41) is 7.92. The van der Waals surface area contributed by atoms with Crippen molar-refractivity contribution in [3.8, 4) is 0 Å². The van der Waals surface area contributed by atoms with Crippen LogP contribution in [0.25, 0.3) is 11.0 Å². The van der Waals surface area contributed by atoms with Gasteiger partial charge in [0.2, 0.25) is 0 Å². The number of aromatic nitrogens is 3. The smallest absolute Gasteiger partial charge is 0.281 e. The number of rotatable bonds is 2. The summed E-state index contributed by atoms with van der Waals surface area (Å²) >= 11 is 5.83. The van der Waals surface area contributed by atoms with E-state index < -0.39 is 20.9 Å². The highest BCUT2D eigenvalue weighted by atomic mass is 35.5. The summed E-state index contributed by atoms with van der Waals surface area (Å²) in [5.41, 5.74) is 0.468. The number of carbonyl (C=O) groups is 1. The molecule has 0 saturated carbocycles. The number of carbonyl (C=O) groups excluding carboxylic acids is 1. The van der Waals surface area contributed by atoms with Gasteiger partial charge in [-0.05, 0) is 30.3 Å². The molecule has 0 atom stereocenters. The van der Waals surface area contributed by atoms with Crippen molar-refractivity contribution >= 4 is 38.7 Å². The number of fused-ring (bicyclic) bond motifs is 1. The van der Waals surface area contributed by atoms with Crippen LogP contribution in [0.1, 0.15) is 10.4 Å². The van der Waals surface area contributed by atoms with Crippen LogP contribution in [0.3, 0.4) is 0 Å². The Balaban J connectivity index is 2.19. The molecule has 0 fully saturated rings. The molecule has 112 valence electrons. The molecule has 0 spiro atoms. The monoisotopic (exact) mass is 336 g/mol. The molecule has 0 N–H and O–H groups in total. The molecule has 1 aromatic heterocycles. The van der Waals surface area contributed by atoms with Crippen molar-refractivity contribution in [1.29, 1.82) is 0 Å². The number of hydrogen-bond donors (Lipinski definition) is 0. The number of benzene rings is 2. The molecule has 0 saturated heterocycles. The van der Waals surface area contributed by atoms with Crippen molar-refractivity contribution in [1.82, 2.24) is 15.0 Å². The third-order valence-electron chi connectivity index (χ3n) is 2.99. The molecule has 7 nitrogen and oxygen atoms in total. The fraction of sp³-hybridized carbons (Fsp3) is 0. The molecule has 2 aromatic carbocycles. The minimum Gasteiger partial charge on any atom is -0.744 e. The normalized spacial score (nSPS) is 11.7. The summed E-state index contributed by atoms with van der Waals surface area (Å²) in [7, 11) is -4.78. The zero-order chi connectivity index (χ0) is 15.9. The Kier molecular flexibility index (Phi) is 3.44. The molecule has 0 bridgehead atoms. The molecule has 0 amide bonds. The van der Waals surface area contributed by atoms with Gasteiger partial charge in [-0.1, -0.05) is 28.9 Å². The summed E-state index contributed by atoms with van der Waals surface area (Å²) in [6.45, 7) is 0. The first-order chi connectivity index (χ1) is 10.4. The SMILES string of the molecule is O=C(c1ccccc1S(=O)(=O)[O-])n1nnc2cc(Cl)ccc21. The minimum absolute atomic E-state index is 0.265. The Morgan fingerprint density at radius 2 is 1.91 bits per heavy atom. The van der Waals surface area contributed by atoms with Crippen molar-refractivity contribution in [3.05, 3.63) is 53.1 Å². The molecule has 0 aliphatic rings. The van der Waals surface area contributed by atoms with E-state index in [1.165, 1.54) is 30.3 Å². The molecule has 0 radical (unpaired) electrons. The van der Waals surface area contributed by atoms with Crippen molar-refractivity contribution < 1.29 is 17.8 Å². The lowest BCUT2D eigenvalue weighted by Crippen LogP contribution is -2.17. The van der Waals surface area contributed by atoms with Crippen molar-refractivity contribution in [3.63, 3.8) is 0 Å². The third kappa shape index (κ3) is 2.47. The molecule has 3 aromatic rings. The van der Waals surface area contributed by atoms with E-state index in [1.54, 1.807) is 6.07 Å². The topological polar surface area (TPSA) is 105 Å². The van der Waals surface area contributed by atoms with E-state index in [-0.39, 0.29) is 5.56 Å². The van der Waals surface area contributed by atoms with Crippen LogP contribution in [0.2, 0.25) is 5.02 Å². The average molecular weight is 337 g/mol. The van der Waals surface area contributed by atoms with Crippen LogP contribution >= 0.6 is 11.6 Å². The summed E-state index contributed by atoms with van der Waals surface area (Å²) < 4.78 is 34.7. The first-order valence-electron chi connectivity index (χ1n) is 5.98. The van der Waals surface area contributed by atoms with Crippen LogP contribution < -0.4 is 0 Å². The Labute approximate surface area is 129 Å². The van der Waals surface area contributed by atoms with Gasteiger partial charge in [-0.15, -0.1) is 5.10 Å². The fourth-order valence-electron chi connectivity index (χ4n) is 2.02. The maximum Gasteiger partial charge on any atom is 0.281 e. The van der Waals surface area contributed by atoms with Gasteiger partial charge in [0.25, 0.3) is 5.91 Å². The first kappa shape index (κ1) is 14.6. The van der Waals surface area contributed by atoms with E-state index >= 15 is 0 Å². The molecular formula is C13H7ClN3O4S-. The molecule has 9 heteroatoms. The van der Waals surface area contributed by atoms with E-state index in [0.717, 1.165) is 10.7 Å².